The lowest BCUT2D eigenvalue weighted by molar-refractivity contribution is -0.120. The van der Waals surface area contributed by atoms with Crippen LogP contribution >= 0.6 is 0 Å². The maximum absolute atomic E-state index is 11.7. The fourth-order valence-corrected chi connectivity index (χ4v) is 2.40. The first-order chi connectivity index (χ1) is 10.2. The summed E-state index contributed by atoms with van der Waals surface area (Å²) in [6.45, 7) is 2.99. The third-order valence-corrected chi connectivity index (χ3v) is 3.63. The van der Waals surface area contributed by atoms with Crippen LogP contribution in [0, 0.1) is 0 Å². The second-order valence-corrected chi connectivity index (χ2v) is 5.67. The predicted octanol–water partition coefficient (Wildman–Crippen LogP) is 4.19. The smallest absolute Gasteiger partial charge is 0.224 e. The number of phenols is 1. The molecule has 0 fully saturated rings. The van der Waals surface area contributed by atoms with Gasteiger partial charge in [-0.2, -0.15) is 0 Å². The van der Waals surface area contributed by atoms with Gasteiger partial charge >= 0.3 is 0 Å². The van der Waals surface area contributed by atoms with Gasteiger partial charge in [0.15, 0.2) is 0 Å². The van der Waals surface area contributed by atoms with Crippen molar-refractivity contribution >= 4 is 5.91 Å². The number of hydrogen-bond donors (Lipinski definition) is 2. The molecule has 0 heterocycles. The van der Waals surface area contributed by atoms with Crippen molar-refractivity contribution < 1.29 is 9.90 Å². The van der Waals surface area contributed by atoms with Crippen LogP contribution in [-0.2, 0) is 11.2 Å². The fourth-order valence-electron chi connectivity index (χ4n) is 2.40. The Kier molecular flexibility index (Phi) is 9.34. The van der Waals surface area contributed by atoms with Gasteiger partial charge in [-0.05, 0) is 24.1 Å². The first-order valence-corrected chi connectivity index (χ1v) is 8.27. The standard InChI is InChI=1S/C18H29NO2/c1-2-3-4-5-6-7-8-9-13-19-18(21)15-16-11-10-12-17(20)14-16/h10-12,14,20H,2-9,13,15H2,1H3,(H,19,21). The number of carbonyl (C=O) groups excluding carboxylic acids is 1. The molecule has 0 aliphatic heterocycles. The highest BCUT2D eigenvalue weighted by Gasteiger charge is 2.03. The molecule has 118 valence electrons. The van der Waals surface area contributed by atoms with E-state index in [0.29, 0.717) is 6.42 Å². The van der Waals surface area contributed by atoms with E-state index in [1.165, 1.54) is 44.9 Å². The molecule has 2 N–H and O–H groups in total. The molecule has 0 unspecified atom stereocenters. The van der Waals surface area contributed by atoms with Crippen LogP contribution in [-0.4, -0.2) is 17.6 Å². The van der Waals surface area contributed by atoms with Gasteiger partial charge in [-0.3, -0.25) is 4.79 Å². The number of aromatic hydroxyl groups is 1. The monoisotopic (exact) mass is 291 g/mol. The van der Waals surface area contributed by atoms with Crippen molar-refractivity contribution in [1.29, 1.82) is 0 Å². The van der Waals surface area contributed by atoms with Crippen molar-refractivity contribution in [2.75, 3.05) is 6.54 Å². The fraction of sp³-hybridized carbons (Fsp3) is 0.611. The van der Waals surface area contributed by atoms with Crippen molar-refractivity contribution in [3.8, 4) is 5.75 Å². The average molecular weight is 291 g/mol. The molecule has 0 atom stereocenters. The molecular weight excluding hydrogens is 262 g/mol. The third-order valence-electron chi connectivity index (χ3n) is 3.63. The van der Waals surface area contributed by atoms with Gasteiger partial charge in [0.05, 0.1) is 6.42 Å². The second-order valence-electron chi connectivity index (χ2n) is 5.67. The van der Waals surface area contributed by atoms with Gasteiger partial charge in [0.1, 0.15) is 5.75 Å². The number of rotatable bonds is 11. The van der Waals surface area contributed by atoms with Crippen molar-refractivity contribution in [3.05, 3.63) is 29.8 Å². The molecule has 0 aliphatic carbocycles. The maximum Gasteiger partial charge on any atom is 0.224 e. The van der Waals surface area contributed by atoms with Crippen LogP contribution in [0.15, 0.2) is 24.3 Å². The van der Waals surface area contributed by atoms with E-state index in [-0.39, 0.29) is 11.7 Å². The van der Waals surface area contributed by atoms with Crippen molar-refractivity contribution in [2.45, 2.75) is 64.7 Å². The molecule has 0 saturated heterocycles. The van der Waals surface area contributed by atoms with Crippen LogP contribution in [0.2, 0.25) is 0 Å². The average Bonchev–Trinajstić information content (AvgIpc) is 2.45. The first-order valence-electron chi connectivity index (χ1n) is 8.27. The van der Waals surface area contributed by atoms with Gasteiger partial charge < -0.3 is 10.4 Å². The molecule has 3 heteroatoms. The summed E-state index contributed by atoms with van der Waals surface area (Å²) in [5.74, 6) is 0.243. The van der Waals surface area contributed by atoms with E-state index in [4.69, 9.17) is 0 Å². The number of benzene rings is 1. The largest absolute Gasteiger partial charge is 0.508 e. The summed E-state index contributed by atoms with van der Waals surface area (Å²) in [5, 5.41) is 12.3. The predicted molar refractivity (Wildman–Crippen MR) is 87.4 cm³/mol. The van der Waals surface area contributed by atoms with Crippen molar-refractivity contribution in [1.82, 2.24) is 5.32 Å². The molecule has 1 amide bonds. The number of unbranched alkanes of at least 4 members (excludes halogenated alkanes) is 7. The normalized spacial score (nSPS) is 10.5. The van der Waals surface area contributed by atoms with Crippen LogP contribution in [0.5, 0.6) is 5.75 Å². The van der Waals surface area contributed by atoms with E-state index in [1.54, 1.807) is 18.2 Å². The minimum absolute atomic E-state index is 0.0311. The maximum atomic E-state index is 11.7. The Morgan fingerprint density at radius 1 is 1.05 bits per heavy atom. The molecule has 0 spiro atoms. The van der Waals surface area contributed by atoms with Crippen molar-refractivity contribution in [3.63, 3.8) is 0 Å². The lowest BCUT2D eigenvalue weighted by Crippen LogP contribution is -2.26. The van der Waals surface area contributed by atoms with Crippen LogP contribution in [0.25, 0.3) is 0 Å². The van der Waals surface area contributed by atoms with Gasteiger partial charge in [0.25, 0.3) is 0 Å². The summed E-state index contributed by atoms with van der Waals surface area (Å²) >= 11 is 0. The lowest BCUT2D eigenvalue weighted by atomic mass is 10.1. The minimum Gasteiger partial charge on any atom is -0.508 e. The van der Waals surface area contributed by atoms with Crippen LogP contribution < -0.4 is 5.32 Å². The molecule has 0 saturated carbocycles. The first kappa shape index (κ1) is 17.5. The quantitative estimate of drug-likeness (QED) is 0.601. The van der Waals surface area contributed by atoms with Gasteiger partial charge in [-0.25, -0.2) is 0 Å². The number of carbonyl (C=O) groups is 1. The van der Waals surface area contributed by atoms with Crippen LogP contribution in [0.4, 0.5) is 0 Å². The highest BCUT2D eigenvalue weighted by molar-refractivity contribution is 5.78. The molecule has 0 bridgehead atoms. The van der Waals surface area contributed by atoms with E-state index < -0.39 is 0 Å². The Morgan fingerprint density at radius 3 is 2.38 bits per heavy atom. The Labute approximate surface area is 128 Å². The molecule has 0 aromatic heterocycles. The molecule has 1 rings (SSSR count). The van der Waals surface area contributed by atoms with E-state index >= 15 is 0 Å². The van der Waals surface area contributed by atoms with E-state index in [0.717, 1.165) is 18.5 Å². The highest BCUT2D eigenvalue weighted by atomic mass is 16.3. The van der Waals surface area contributed by atoms with E-state index in [1.807, 2.05) is 6.07 Å². The summed E-state index contributed by atoms with van der Waals surface area (Å²) in [7, 11) is 0. The van der Waals surface area contributed by atoms with Gasteiger partial charge in [-0.15, -0.1) is 0 Å². The van der Waals surface area contributed by atoms with Gasteiger partial charge in [-0.1, -0.05) is 64.0 Å². The topological polar surface area (TPSA) is 49.3 Å². The lowest BCUT2D eigenvalue weighted by Gasteiger charge is -2.06. The van der Waals surface area contributed by atoms with E-state index in [2.05, 4.69) is 12.2 Å². The number of hydrogen-bond acceptors (Lipinski definition) is 2. The Morgan fingerprint density at radius 2 is 1.71 bits per heavy atom. The van der Waals surface area contributed by atoms with Gasteiger partial charge in [0, 0.05) is 6.54 Å². The SMILES string of the molecule is CCCCCCCCCCNC(=O)Cc1cccc(O)c1. The number of amides is 1. The zero-order valence-corrected chi connectivity index (χ0v) is 13.2. The summed E-state index contributed by atoms with van der Waals surface area (Å²) in [5.41, 5.74) is 0.850. The minimum atomic E-state index is 0.0311. The summed E-state index contributed by atoms with van der Waals surface area (Å²) in [4.78, 5) is 11.7. The highest BCUT2D eigenvalue weighted by Crippen LogP contribution is 2.11. The Balaban J connectivity index is 1.99. The van der Waals surface area contributed by atoms with E-state index in [9.17, 15) is 9.90 Å². The molecule has 3 nitrogen and oxygen atoms in total. The third kappa shape index (κ3) is 9.11. The number of nitrogens with one attached hydrogen (secondary N) is 1. The Hall–Kier alpha value is -1.51. The second kappa shape index (κ2) is 11.2. The summed E-state index contributed by atoms with van der Waals surface area (Å²) in [6.07, 6.45) is 10.5. The van der Waals surface area contributed by atoms with Crippen LogP contribution in [0.3, 0.4) is 0 Å². The number of phenolic OH excluding ortho intramolecular Hbond substituents is 1. The molecule has 21 heavy (non-hydrogen) atoms. The van der Waals surface area contributed by atoms with Gasteiger partial charge in [0.2, 0.25) is 5.91 Å². The van der Waals surface area contributed by atoms with Crippen LogP contribution in [0.1, 0.15) is 63.9 Å². The Bertz CT molecular complexity index is 404. The molecule has 1 aromatic carbocycles. The molecule has 0 radical (unpaired) electrons. The zero-order valence-electron chi connectivity index (χ0n) is 13.2. The molecule has 0 aliphatic rings. The molecular formula is C18H29NO2. The zero-order chi connectivity index (χ0) is 15.3. The van der Waals surface area contributed by atoms with Crippen molar-refractivity contribution in [2.24, 2.45) is 0 Å². The summed E-state index contributed by atoms with van der Waals surface area (Å²) in [6, 6.07) is 6.86. The summed E-state index contributed by atoms with van der Waals surface area (Å²) < 4.78 is 0. The molecule has 1 aromatic rings.